The van der Waals surface area contributed by atoms with Gasteiger partial charge in [-0.05, 0) is 12.1 Å². The molecule has 0 amide bonds. The van der Waals surface area contributed by atoms with Crippen molar-refractivity contribution in [2.24, 2.45) is 0 Å². The molecule has 0 fully saturated rings. The van der Waals surface area contributed by atoms with E-state index in [4.69, 9.17) is 27.9 Å². The Hall–Kier alpha value is -1.85. The van der Waals surface area contributed by atoms with Crippen LogP contribution in [0.1, 0.15) is 5.56 Å². The van der Waals surface area contributed by atoms with Crippen LogP contribution in [0.15, 0.2) is 36.4 Å². The summed E-state index contributed by atoms with van der Waals surface area (Å²) in [6.07, 6.45) is 0. The highest BCUT2D eigenvalue weighted by molar-refractivity contribution is 6.42. The van der Waals surface area contributed by atoms with Gasteiger partial charge in [0.2, 0.25) is 0 Å². The van der Waals surface area contributed by atoms with E-state index in [9.17, 15) is 14.5 Å². The summed E-state index contributed by atoms with van der Waals surface area (Å²) in [6, 6.07) is 7.95. The molecule has 2 rings (SSSR count). The predicted molar refractivity (Wildman–Crippen MR) is 73.8 cm³/mol. The van der Waals surface area contributed by atoms with Crippen molar-refractivity contribution in [1.82, 2.24) is 0 Å². The second-order valence-corrected chi connectivity index (χ2v) is 4.66. The van der Waals surface area contributed by atoms with E-state index >= 15 is 0 Å². The number of hydrogen-bond acceptors (Lipinski definition) is 3. The van der Waals surface area contributed by atoms with Gasteiger partial charge in [-0.2, -0.15) is 0 Å². The zero-order chi connectivity index (χ0) is 14.7. The van der Waals surface area contributed by atoms with E-state index in [0.29, 0.717) is 15.6 Å². The van der Waals surface area contributed by atoms with Gasteiger partial charge in [-0.15, -0.1) is 0 Å². The molecule has 20 heavy (non-hydrogen) atoms. The minimum Gasteiger partial charge on any atom is -0.482 e. The second-order valence-electron chi connectivity index (χ2n) is 3.87. The van der Waals surface area contributed by atoms with Crippen LogP contribution in [-0.4, -0.2) is 4.92 Å². The third-order valence-electron chi connectivity index (χ3n) is 2.53. The van der Waals surface area contributed by atoms with Gasteiger partial charge < -0.3 is 4.74 Å². The lowest BCUT2D eigenvalue weighted by atomic mass is 10.2. The Labute approximate surface area is 123 Å². The molecule has 0 saturated heterocycles. The van der Waals surface area contributed by atoms with Crippen LogP contribution in [0.4, 0.5) is 10.1 Å². The van der Waals surface area contributed by atoms with Crippen molar-refractivity contribution >= 4 is 28.9 Å². The first-order valence-electron chi connectivity index (χ1n) is 5.48. The quantitative estimate of drug-likeness (QED) is 0.611. The molecule has 0 saturated carbocycles. The van der Waals surface area contributed by atoms with Crippen molar-refractivity contribution in [1.29, 1.82) is 0 Å². The van der Waals surface area contributed by atoms with Crippen molar-refractivity contribution in [2.75, 3.05) is 0 Å². The maximum Gasteiger partial charge on any atom is 0.311 e. The summed E-state index contributed by atoms with van der Waals surface area (Å²) in [6.45, 7) is -0.0519. The monoisotopic (exact) mass is 315 g/mol. The lowest BCUT2D eigenvalue weighted by molar-refractivity contribution is -0.386. The van der Waals surface area contributed by atoms with Gasteiger partial charge >= 0.3 is 5.69 Å². The van der Waals surface area contributed by atoms with Crippen LogP contribution in [-0.2, 0) is 6.61 Å². The van der Waals surface area contributed by atoms with E-state index in [2.05, 4.69) is 0 Å². The largest absolute Gasteiger partial charge is 0.482 e. The Morgan fingerprint density at radius 3 is 2.70 bits per heavy atom. The maximum absolute atomic E-state index is 13.1. The molecule has 0 atom stereocenters. The fourth-order valence-corrected chi connectivity index (χ4v) is 1.94. The van der Waals surface area contributed by atoms with Crippen LogP contribution in [0.3, 0.4) is 0 Å². The van der Waals surface area contributed by atoms with E-state index in [1.54, 1.807) is 18.2 Å². The number of benzene rings is 2. The van der Waals surface area contributed by atoms with Gasteiger partial charge in [-0.1, -0.05) is 35.3 Å². The Balaban J connectivity index is 2.24. The molecule has 0 radical (unpaired) electrons. The van der Waals surface area contributed by atoms with Gasteiger partial charge in [-0.3, -0.25) is 10.1 Å². The smallest absolute Gasteiger partial charge is 0.311 e. The molecule has 104 valence electrons. The molecule has 0 aliphatic carbocycles. The summed E-state index contributed by atoms with van der Waals surface area (Å²) in [7, 11) is 0. The summed E-state index contributed by atoms with van der Waals surface area (Å²) in [5, 5.41) is 11.5. The molecule has 7 heteroatoms. The van der Waals surface area contributed by atoms with Crippen molar-refractivity contribution < 1.29 is 14.1 Å². The van der Waals surface area contributed by atoms with Crippen molar-refractivity contribution in [3.8, 4) is 5.75 Å². The number of hydrogen-bond donors (Lipinski definition) is 0. The molecule has 0 aromatic heterocycles. The fraction of sp³-hybridized carbons (Fsp3) is 0.0769. The Bertz CT molecular complexity index is 664. The summed E-state index contributed by atoms with van der Waals surface area (Å²) < 4.78 is 18.4. The van der Waals surface area contributed by atoms with E-state index < -0.39 is 10.7 Å². The molecule has 4 nitrogen and oxygen atoms in total. The Kier molecular flexibility index (Phi) is 4.42. The molecule has 0 N–H and O–H groups in total. The van der Waals surface area contributed by atoms with Gasteiger partial charge in [0.1, 0.15) is 12.4 Å². The Morgan fingerprint density at radius 2 is 2.00 bits per heavy atom. The first-order chi connectivity index (χ1) is 9.49. The highest BCUT2D eigenvalue weighted by Crippen LogP contribution is 2.30. The lowest BCUT2D eigenvalue weighted by Crippen LogP contribution is -2.00. The topological polar surface area (TPSA) is 52.4 Å². The first-order valence-corrected chi connectivity index (χ1v) is 6.24. The minimum absolute atomic E-state index is 0.0519. The molecule has 2 aromatic carbocycles. The molecule has 2 aromatic rings. The zero-order valence-electron chi connectivity index (χ0n) is 9.98. The van der Waals surface area contributed by atoms with Gasteiger partial charge in [0.05, 0.1) is 15.0 Å². The SMILES string of the molecule is O=[N+]([O-])c1ccc(F)cc1OCc1cccc(Cl)c1Cl. The van der Waals surface area contributed by atoms with Crippen LogP contribution in [0.5, 0.6) is 5.75 Å². The predicted octanol–water partition coefficient (Wildman–Crippen LogP) is 4.62. The fourth-order valence-electron chi connectivity index (χ4n) is 1.57. The molecule has 0 aliphatic rings. The molecule has 0 bridgehead atoms. The average Bonchev–Trinajstić information content (AvgIpc) is 2.40. The number of nitro groups is 1. The highest BCUT2D eigenvalue weighted by Gasteiger charge is 2.16. The van der Waals surface area contributed by atoms with Crippen molar-refractivity contribution in [3.63, 3.8) is 0 Å². The molecular formula is C13H8Cl2FNO3. The van der Waals surface area contributed by atoms with E-state index in [0.717, 1.165) is 18.2 Å². The molecule has 0 unspecified atom stereocenters. The van der Waals surface area contributed by atoms with Crippen LogP contribution >= 0.6 is 23.2 Å². The van der Waals surface area contributed by atoms with Crippen LogP contribution in [0, 0.1) is 15.9 Å². The number of nitro benzene ring substituents is 1. The van der Waals surface area contributed by atoms with E-state index in [-0.39, 0.29) is 18.0 Å². The second kappa shape index (κ2) is 6.07. The standard InChI is InChI=1S/C13H8Cl2FNO3/c14-10-3-1-2-8(13(10)15)7-20-12-6-9(16)4-5-11(12)17(18)19/h1-6H,7H2. The molecule has 0 heterocycles. The summed E-state index contributed by atoms with van der Waals surface area (Å²) in [5.74, 6) is -0.783. The van der Waals surface area contributed by atoms with Gasteiger partial charge in [0.15, 0.2) is 5.75 Å². The number of rotatable bonds is 4. The normalized spacial score (nSPS) is 10.3. The molecule has 0 aliphatic heterocycles. The number of halogens is 3. The van der Waals surface area contributed by atoms with Crippen LogP contribution in [0.25, 0.3) is 0 Å². The van der Waals surface area contributed by atoms with E-state index in [1.165, 1.54) is 0 Å². The number of nitrogens with zero attached hydrogens (tertiary/aromatic N) is 1. The summed E-state index contributed by atoms with van der Waals surface area (Å²) in [4.78, 5) is 10.2. The first kappa shape index (κ1) is 14.6. The van der Waals surface area contributed by atoms with Gasteiger partial charge in [0.25, 0.3) is 0 Å². The third-order valence-corrected chi connectivity index (χ3v) is 3.39. The number of ether oxygens (including phenoxy) is 1. The minimum atomic E-state index is -0.644. The average molecular weight is 316 g/mol. The highest BCUT2D eigenvalue weighted by atomic mass is 35.5. The summed E-state index contributed by atoms with van der Waals surface area (Å²) >= 11 is 11.8. The zero-order valence-corrected chi connectivity index (χ0v) is 11.5. The maximum atomic E-state index is 13.1. The summed E-state index contributed by atoms with van der Waals surface area (Å²) in [5.41, 5.74) is 0.238. The van der Waals surface area contributed by atoms with Crippen molar-refractivity contribution in [2.45, 2.75) is 6.61 Å². The van der Waals surface area contributed by atoms with Gasteiger partial charge in [-0.25, -0.2) is 4.39 Å². The molecule has 0 spiro atoms. The lowest BCUT2D eigenvalue weighted by Gasteiger charge is -2.09. The van der Waals surface area contributed by atoms with Crippen molar-refractivity contribution in [3.05, 3.63) is 67.9 Å². The van der Waals surface area contributed by atoms with Gasteiger partial charge in [0, 0.05) is 17.7 Å². The van der Waals surface area contributed by atoms with Crippen LogP contribution in [0.2, 0.25) is 10.0 Å². The van der Waals surface area contributed by atoms with Crippen LogP contribution < -0.4 is 4.74 Å². The Morgan fingerprint density at radius 1 is 1.25 bits per heavy atom. The van der Waals surface area contributed by atoms with E-state index in [1.807, 2.05) is 0 Å². The third kappa shape index (κ3) is 3.18. The molecular weight excluding hydrogens is 308 g/mol.